The number of fused-ring (bicyclic) bond motifs is 2. The Bertz CT molecular complexity index is 1460. The molecule has 0 aliphatic heterocycles. The molecule has 0 bridgehead atoms. The number of aryl methyl sites for hydroxylation is 1. The summed E-state index contributed by atoms with van der Waals surface area (Å²) in [6.45, 7) is 6.63. The normalized spacial score (nSPS) is 15.3. The van der Waals surface area contributed by atoms with E-state index in [1.165, 1.54) is 34.9 Å². The molecule has 1 atom stereocenters. The molecule has 1 aliphatic carbocycles. The molecule has 0 spiro atoms. The topological polar surface area (TPSA) is 46.5 Å². The molecule has 3 heteroatoms. The van der Waals surface area contributed by atoms with Gasteiger partial charge in [0.05, 0.1) is 12.7 Å². The highest BCUT2D eigenvalue weighted by molar-refractivity contribution is 5.95. The van der Waals surface area contributed by atoms with Crippen molar-refractivity contribution in [1.82, 2.24) is 0 Å². The lowest BCUT2D eigenvalue weighted by molar-refractivity contribution is 0.0601. The molecule has 0 saturated carbocycles. The van der Waals surface area contributed by atoms with Crippen molar-refractivity contribution < 1.29 is 14.6 Å². The third kappa shape index (κ3) is 4.28. The molecule has 1 unspecified atom stereocenters. The van der Waals surface area contributed by atoms with E-state index in [1.54, 1.807) is 6.07 Å². The molecule has 0 aromatic heterocycles. The summed E-state index contributed by atoms with van der Waals surface area (Å²) in [6, 6.07) is 26.4. The van der Waals surface area contributed by atoms with Crippen molar-refractivity contribution in [3.8, 4) is 0 Å². The average Bonchev–Trinajstić information content (AvgIpc) is 2.88. The molecule has 0 saturated heterocycles. The first-order valence-corrected chi connectivity index (χ1v) is 12.0. The highest BCUT2D eigenvalue weighted by Gasteiger charge is 2.29. The molecular weight excluding hydrogens is 432 g/mol. The van der Waals surface area contributed by atoms with Crippen LogP contribution in [0.4, 0.5) is 0 Å². The van der Waals surface area contributed by atoms with E-state index in [0.717, 1.165) is 28.3 Å². The Morgan fingerprint density at radius 1 is 0.886 bits per heavy atom. The molecule has 5 rings (SSSR count). The highest BCUT2D eigenvalue weighted by atomic mass is 16.5. The van der Waals surface area contributed by atoms with E-state index in [1.807, 2.05) is 36.4 Å². The number of esters is 1. The summed E-state index contributed by atoms with van der Waals surface area (Å²) >= 11 is 0. The molecule has 1 aliphatic rings. The van der Waals surface area contributed by atoms with Gasteiger partial charge in [-0.2, -0.15) is 0 Å². The number of carbonyl (C=O) groups is 1. The maximum atomic E-state index is 11.8. The van der Waals surface area contributed by atoms with Crippen LogP contribution in [0.5, 0.6) is 0 Å². The summed E-state index contributed by atoms with van der Waals surface area (Å²) in [5.74, 6) is -0.355. The van der Waals surface area contributed by atoms with Crippen molar-refractivity contribution in [3.63, 3.8) is 0 Å². The number of allylic oxidation sites excluding steroid dienone is 1. The number of hydrogen-bond donors (Lipinski definition) is 1. The van der Waals surface area contributed by atoms with Gasteiger partial charge in [-0.05, 0) is 81.1 Å². The van der Waals surface area contributed by atoms with Crippen LogP contribution in [0.25, 0.3) is 16.3 Å². The van der Waals surface area contributed by atoms with Crippen molar-refractivity contribution >= 4 is 22.3 Å². The van der Waals surface area contributed by atoms with E-state index >= 15 is 0 Å². The van der Waals surface area contributed by atoms with Gasteiger partial charge in [-0.15, -0.1) is 0 Å². The van der Waals surface area contributed by atoms with Crippen molar-refractivity contribution in [2.75, 3.05) is 7.11 Å². The first kappa shape index (κ1) is 23.1. The molecule has 35 heavy (non-hydrogen) atoms. The van der Waals surface area contributed by atoms with Crippen LogP contribution < -0.4 is 0 Å². The van der Waals surface area contributed by atoms with E-state index in [2.05, 4.69) is 63.2 Å². The Labute approximate surface area is 206 Å². The summed E-state index contributed by atoms with van der Waals surface area (Å²) in [4.78, 5) is 11.8. The van der Waals surface area contributed by atoms with Crippen molar-refractivity contribution in [3.05, 3.63) is 124 Å². The van der Waals surface area contributed by atoms with Crippen molar-refractivity contribution in [1.29, 1.82) is 0 Å². The number of carbonyl (C=O) groups excluding carboxylic acids is 1. The van der Waals surface area contributed by atoms with Crippen molar-refractivity contribution in [2.24, 2.45) is 0 Å². The van der Waals surface area contributed by atoms with Crippen LogP contribution in [-0.2, 0) is 10.2 Å². The average molecular weight is 463 g/mol. The number of aliphatic hydroxyl groups is 1. The van der Waals surface area contributed by atoms with Crippen molar-refractivity contribution in [2.45, 2.75) is 38.7 Å². The lowest BCUT2D eigenvalue weighted by atomic mass is 9.71. The Morgan fingerprint density at radius 2 is 1.54 bits per heavy atom. The minimum absolute atomic E-state index is 0.0209. The van der Waals surface area contributed by atoms with Gasteiger partial charge >= 0.3 is 5.97 Å². The molecular formula is C32H30O3. The molecule has 0 radical (unpaired) electrons. The second-order valence-corrected chi connectivity index (χ2v) is 10.1. The lowest BCUT2D eigenvalue weighted by Crippen LogP contribution is -2.22. The molecule has 3 nitrogen and oxygen atoms in total. The zero-order valence-corrected chi connectivity index (χ0v) is 20.6. The summed E-state index contributed by atoms with van der Waals surface area (Å²) in [7, 11) is 1.38. The van der Waals surface area contributed by atoms with E-state index in [9.17, 15) is 9.90 Å². The van der Waals surface area contributed by atoms with Gasteiger partial charge in [0.25, 0.3) is 0 Å². The van der Waals surface area contributed by atoms with Gasteiger partial charge in [0.2, 0.25) is 0 Å². The largest absolute Gasteiger partial charge is 0.465 e. The molecule has 4 aromatic rings. The Morgan fingerprint density at radius 3 is 2.29 bits per heavy atom. The second-order valence-electron chi connectivity index (χ2n) is 10.1. The molecule has 176 valence electrons. The SMILES string of the molecule is COC(=O)c1ccc2cc(C(O)c3ccc4c(c3)C(C)(C)CC=C4c3ccc(C)cc3)ccc2c1. The Kier molecular flexibility index (Phi) is 5.82. The maximum absolute atomic E-state index is 11.8. The number of methoxy groups -OCH3 is 1. The third-order valence-electron chi connectivity index (χ3n) is 7.16. The fourth-order valence-corrected chi connectivity index (χ4v) is 4.98. The number of hydrogen-bond acceptors (Lipinski definition) is 3. The minimum atomic E-state index is -0.741. The van der Waals surface area contributed by atoms with Gasteiger partial charge in [0.1, 0.15) is 6.10 Å². The van der Waals surface area contributed by atoms with Crippen LogP contribution in [0, 0.1) is 6.92 Å². The summed E-state index contributed by atoms with van der Waals surface area (Å²) in [5.41, 5.74) is 8.43. The van der Waals surface area contributed by atoms with Crippen LogP contribution in [-0.4, -0.2) is 18.2 Å². The van der Waals surface area contributed by atoms with Crippen LogP contribution in [0.3, 0.4) is 0 Å². The Balaban J connectivity index is 1.51. The fourth-order valence-electron chi connectivity index (χ4n) is 4.98. The first-order chi connectivity index (χ1) is 16.8. The van der Waals surface area contributed by atoms with Crippen LogP contribution in [0.2, 0.25) is 0 Å². The highest BCUT2D eigenvalue weighted by Crippen LogP contribution is 2.42. The summed E-state index contributed by atoms with van der Waals surface area (Å²) in [5, 5.41) is 13.2. The monoisotopic (exact) mass is 462 g/mol. The molecule has 0 fully saturated rings. The quantitative estimate of drug-likeness (QED) is 0.328. The Hall–Kier alpha value is -3.69. The van der Waals surface area contributed by atoms with Crippen LogP contribution in [0.15, 0.2) is 84.9 Å². The first-order valence-electron chi connectivity index (χ1n) is 12.0. The fraction of sp³-hybridized carbons (Fsp3) is 0.219. The predicted octanol–water partition coefficient (Wildman–Crippen LogP) is 7.13. The smallest absolute Gasteiger partial charge is 0.337 e. The number of aliphatic hydroxyl groups excluding tert-OH is 1. The van der Waals surface area contributed by atoms with Gasteiger partial charge in [0, 0.05) is 0 Å². The summed E-state index contributed by atoms with van der Waals surface area (Å²) < 4.78 is 4.83. The molecule has 1 N–H and O–H groups in total. The van der Waals surface area contributed by atoms with Gasteiger partial charge < -0.3 is 9.84 Å². The standard InChI is InChI=1S/C32H30O3/c1-20-5-7-21(8-6-20)27-15-16-32(2,3)29-19-25(13-14-28(27)29)30(33)24-11-9-23-18-26(31(34)35-4)12-10-22(23)17-24/h5-15,17-19,30,33H,16H2,1-4H3. The van der Waals surface area contributed by atoms with Gasteiger partial charge in [0.15, 0.2) is 0 Å². The van der Waals surface area contributed by atoms with E-state index < -0.39 is 6.10 Å². The number of benzene rings is 4. The number of ether oxygens (including phenoxy) is 1. The molecule has 4 aromatic carbocycles. The molecule has 0 amide bonds. The van der Waals surface area contributed by atoms with Crippen LogP contribution in [0.1, 0.15) is 70.1 Å². The third-order valence-corrected chi connectivity index (χ3v) is 7.16. The van der Waals surface area contributed by atoms with E-state index in [-0.39, 0.29) is 11.4 Å². The zero-order valence-electron chi connectivity index (χ0n) is 20.6. The lowest BCUT2D eigenvalue weighted by Gasteiger charge is -2.33. The van der Waals surface area contributed by atoms with Gasteiger partial charge in [-0.3, -0.25) is 0 Å². The number of rotatable bonds is 4. The van der Waals surface area contributed by atoms with E-state index in [0.29, 0.717) is 5.56 Å². The second kappa shape index (κ2) is 8.83. The predicted molar refractivity (Wildman–Crippen MR) is 142 cm³/mol. The summed E-state index contributed by atoms with van der Waals surface area (Å²) in [6.07, 6.45) is 2.55. The van der Waals surface area contributed by atoms with Crippen LogP contribution >= 0.6 is 0 Å². The zero-order chi connectivity index (χ0) is 24.7. The van der Waals surface area contributed by atoms with E-state index in [4.69, 9.17) is 4.74 Å². The maximum Gasteiger partial charge on any atom is 0.337 e. The van der Waals surface area contributed by atoms with Gasteiger partial charge in [-0.25, -0.2) is 4.79 Å². The minimum Gasteiger partial charge on any atom is -0.465 e. The molecule has 0 heterocycles. The van der Waals surface area contributed by atoms with Gasteiger partial charge in [-0.1, -0.05) is 86.2 Å².